The zero-order valence-electron chi connectivity index (χ0n) is 15.6. The Kier molecular flexibility index (Phi) is 6.41. The predicted molar refractivity (Wildman–Crippen MR) is 101 cm³/mol. The molecule has 0 aliphatic rings. The van der Waals surface area contributed by atoms with E-state index in [9.17, 15) is 9.59 Å². The molecule has 0 spiro atoms. The van der Waals surface area contributed by atoms with E-state index in [0.29, 0.717) is 34.4 Å². The Morgan fingerprint density at radius 1 is 1.00 bits per heavy atom. The summed E-state index contributed by atoms with van der Waals surface area (Å²) < 4.78 is 10.8. The summed E-state index contributed by atoms with van der Waals surface area (Å²) in [6, 6.07) is 6.52. The summed E-state index contributed by atoms with van der Waals surface area (Å²) in [7, 11) is 6.99. The first-order chi connectivity index (χ1) is 12.4. The number of nitrogens with zero attached hydrogens (tertiary/aromatic N) is 1. The van der Waals surface area contributed by atoms with Gasteiger partial charge < -0.3 is 25.4 Å². The molecule has 2 aromatic rings. The van der Waals surface area contributed by atoms with E-state index < -0.39 is 5.91 Å². The molecule has 7 nitrogen and oxygen atoms in total. The summed E-state index contributed by atoms with van der Waals surface area (Å²) in [5.41, 5.74) is 6.14. The molecule has 7 heteroatoms. The summed E-state index contributed by atoms with van der Waals surface area (Å²) in [5, 5.41) is 3.87. The Bertz CT molecular complexity index is 808. The van der Waals surface area contributed by atoms with E-state index in [1.807, 2.05) is 19.0 Å². The molecule has 2 rings (SSSR count). The van der Waals surface area contributed by atoms with Crippen molar-refractivity contribution in [2.45, 2.75) is 6.42 Å². The maximum Gasteiger partial charge on any atom is 0.251 e. The molecule has 0 aromatic heterocycles. The van der Waals surface area contributed by atoms with Gasteiger partial charge in [0.25, 0.3) is 5.91 Å². The first-order valence-corrected chi connectivity index (χ1v) is 8.31. The molecule has 0 heterocycles. The molecule has 0 bridgehead atoms. The summed E-state index contributed by atoms with van der Waals surface area (Å²) >= 11 is 0. The number of hydrogen-bond donors (Lipinski definition) is 2. The maximum absolute atomic E-state index is 12.7. The number of primary amides is 1. The van der Waals surface area contributed by atoms with Crippen LogP contribution >= 0.6 is 0 Å². The molecule has 0 saturated heterocycles. The van der Waals surface area contributed by atoms with Crippen molar-refractivity contribution in [1.29, 1.82) is 0 Å². The fraction of sp³-hybridized carbons (Fsp3) is 0.368. The molecule has 0 radical (unpaired) electrons. The van der Waals surface area contributed by atoms with Gasteiger partial charge in [-0.1, -0.05) is 0 Å². The SMILES string of the molecule is COc1ccc(C(N)=O)c2c(C(=O)NCCCN(C)C)ccc(OC)c12. The van der Waals surface area contributed by atoms with Gasteiger partial charge in [-0.3, -0.25) is 9.59 Å². The normalized spacial score (nSPS) is 10.8. The van der Waals surface area contributed by atoms with Crippen LogP contribution in [0.3, 0.4) is 0 Å². The zero-order chi connectivity index (χ0) is 19.3. The van der Waals surface area contributed by atoms with Crippen LogP contribution in [0.4, 0.5) is 0 Å². The lowest BCUT2D eigenvalue weighted by atomic mass is 9.96. The first-order valence-electron chi connectivity index (χ1n) is 8.31. The highest BCUT2D eigenvalue weighted by Gasteiger charge is 2.21. The van der Waals surface area contributed by atoms with Crippen molar-refractivity contribution < 1.29 is 19.1 Å². The van der Waals surface area contributed by atoms with Crippen LogP contribution in [-0.2, 0) is 0 Å². The van der Waals surface area contributed by atoms with E-state index in [4.69, 9.17) is 15.2 Å². The van der Waals surface area contributed by atoms with E-state index in [2.05, 4.69) is 5.32 Å². The molecule has 0 aliphatic heterocycles. The molecule has 0 unspecified atom stereocenters. The third-order valence-electron chi connectivity index (χ3n) is 4.10. The molecule has 0 atom stereocenters. The van der Waals surface area contributed by atoms with Gasteiger partial charge in [-0.05, 0) is 51.3 Å². The molecule has 26 heavy (non-hydrogen) atoms. The van der Waals surface area contributed by atoms with Crippen molar-refractivity contribution in [1.82, 2.24) is 10.2 Å². The third kappa shape index (κ3) is 4.05. The quantitative estimate of drug-likeness (QED) is 0.699. The Morgan fingerprint density at radius 2 is 1.58 bits per heavy atom. The van der Waals surface area contributed by atoms with Gasteiger partial charge in [0, 0.05) is 23.1 Å². The number of benzene rings is 2. The van der Waals surface area contributed by atoms with Crippen molar-refractivity contribution in [2.75, 3.05) is 41.4 Å². The molecular weight excluding hydrogens is 334 g/mol. The summed E-state index contributed by atoms with van der Waals surface area (Å²) in [6.45, 7) is 1.39. The van der Waals surface area contributed by atoms with Gasteiger partial charge in [0.2, 0.25) is 5.91 Å². The molecule has 0 fully saturated rings. The van der Waals surface area contributed by atoms with Gasteiger partial charge in [0.15, 0.2) is 0 Å². The monoisotopic (exact) mass is 359 g/mol. The molecule has 140 valence electrons. The molecule has 0 aliphatic carbocycles. The van der Waals surface area contributed by atoms with Gasteiger partial charge in [-0.2, -0.15) is 0 Å². The Labute approximate surface area is 153 Å². The van der Waals surface area contributed by atoms with Crippen LogP contribution in [-0.4, -0.2) is 58.1 Å². The van der Waals surface area contributed by atoms with Crippen molar-refractivity contribution in [3.05, 3.63) is 35.4 Å². The fourth-order valence-electron chi connectivity index (χ4n) is 2.86. The first kappa shape index (κ1) is 19.5. The van der Waals surface area contributed by atoms with Gasteiger partial charge in [-0.15, -0.1) is 0 Å². The smallest absolute Gasteiger partial charge is 0.251 e. The number of carbonyl (C=O) groups excluding carboxylic acids is 2. The lowest BCUT2D eigenvalue weighted by Crippen LogP contribution is -2.27. The molecule has 0 saturated carbocycles. The maximum atomic E-state index is 12.7. The summed E-state index contributed by atoms with van der Waals surface area (Å²) in [6.07, 6.45) is 0.818. The third-order valence-corrected chi connectivity index (χ3v) is 4.10. The lowest BCUT2D eigenvalue weighted by molar-refractivity contribution is 0.0953. The van der Waals surface area contributed by atoms with Crippen LogP contribution < -0.4 is 20.5 Å². The minimum absolute atomic E-state index is 0.248. The number of amides is 2. The second-order valence-corrected chi connectivity index (χ2v) is 6.16. The predicted octanol–water partition coefficient (Wildman–Crippen LogP) is 1.64. The molecular formula is C19H25N3O4. The standard InChI is InChI=1S/C19H25N3O4/c1-22(2)11-5-10-21-19(24)13-7-9-15(26-4)17-14(25-3)8-6-12(16(13)17)18(20)23/h6-9H,5,10-11H2,1-4H3,(H2,20,23)(H,21,24). The van der Waals surface area contributed by atoms with Crippen LogP contribution in [0, 0.1) is 0 Å². The van der Waals surface area contributed by atoms with Gasteiger partial charge in [0.1, 0.15) is 11.5 Å². The van der Waals surface area contributed by atoms with Crippen molar-refractivity contribution in [3.8, 4) is 11.5 Å². The summed E-state index contributed by atoms with van der Waals surface area (Å²) in [5.74, 6) is 0.118. The zero-order valence-corrected chi connectivity index (χ0v) is 15.6. The fourth-order valence-corrected chi connectivity index (χ4v) is 2.86. The Balaban J connectivity index is 2.52. The van der Waals surface area contributed by atoms with Crippen molar-refractivity contribution in [3.63, 3.8) is 0 Å². The number of methoxy groups -OCH3 is 2. The minimum Gasteiger partial charge on any atom is -0.496 e. The van der Waals surface area contributed by atoms with E-state index in [-0.39, 0.29) is 11.5 Å². The van der Waals surface area contributed by atoms with Crippen LogP contribution in [0.15, 0.2) is 24.3 Å². The van der Waals surface area contributed by atoms with E-state index in [1.54, 1.807) is 24.3 Å². The number of fused-ring (bicyclic) bond motifs is 1. The van der Waals surface area contributed by atoms with Crippen LogP contribution in [0.2, 0.25) is 0 Å². The molecule has 3 N–H and O–H groups in total. The Morgan fingerprint density at radius 3 is 2.08 bits per heavy atom. The largest absolute Gasteiger partial charge is 0.496 e. The van der Waals surface area contributed by atoms with E-state index >= 15 is 0 Å². The van der Waals surface area contributed by atoms with E-state index in [1.165, 1.54) is 14.2 Å². The van der Waals surface area contributed by atoms with Crippen LogP contribution in [0.5, 0.6) is 11.5 Å². The van der Waals surface area contributed by atoms with E-state index in [0.717, 1.165) is 13.0 Å². The lowest BCUT2D eigenvalue weighted by Gasteiger charge is -2.16. The second-order valence-electron chi connectivity index (χ2n) is 6.16. The molecule has 2 aromatic carbocycles. The number of nitrogens with two attached hydrogens (primary N) is 1. The van der Waals surface area contributed by atoms with Crippen LogP contribution in [0.1, 0.15) is 27.1 Å². The number of nitrogens with one attached hydrogen (secondary N) is 1. The highest BCUT2D eigenvalue weighted by molar-refractivity contribution is 6.18. The number of rotatable bonds is 8. The highest BCUT2D eigenvalue weighted by atomic mass is 16.5. The number of carbonyl (C=O) groups is 2. The topological polar surface area (TPSA) is 93.9 Å². The highest BCUT2D eigenvalue weighted by Crippen LogP contribution is 2.38. The second kappa shape index (κ2) is 8.53. The molecule has 2 amide bonds. The number of hydrogen-bond acceptors (Lipinski definition) is 5. The van der Waals surface area contributed by atoms with Crippen molar-refractivity contribution in [2.24, 2.45) is 5.73 Å². The van der Waals surface area contributed by atoms with Crippen LogP contribution in [0.25, 0.3) is 10.8 Å². The van der Waals surface area contributed by atoms with Gasteiger partial charge >= 0.3 is 0 Å². The van der Waals surface area contributed by atoms with Gasteiger partial charge in [-0.25, -0.2) is 0 Å². The Hall–Kier alpha value is -2.80. The summed E-state index contributed by atoms with van der Waals surface area (Å²) in [4.78, 5) is 26.7. The number of ether oxygens (including phenoxy) is 2. The van der Waals surface area contributed by atoms with Gasteiger partial charge in [0.05, 0.1) is 19.6 Å². The minimum atomic E-state index is -0.618. The van der Waals surface area contributed by atoms with Crippen molar-refractivity contribution >= 4 is 22.6 Å². The average Bonchev–Trinajstić information content (AvgIpc) is 2.62. The average molecular weight is 359 g/mol.